The van der Waals surface area contributed by atoms with E-state index in [-0.39, 0.29) is 23.2 Å². The Balaban J connectivity index is 1.78. The van der Waals surface area contributed by atoms with Gasteiger partial charge in [-0.25, -0.2) is 4.79 Å². The van der Waals surface area contributed by atoms with Gasteiger partial charge >= 0.3 is 11.7 Å². The van der Waals surface area contributed by atoms with Gasteiger partial charge in [-0.1, -0.05) is 17.8 Å². The third-order valence-electron chi connectivity index (χ3n) is 3.79. The smallest absolute Gasteiger partial charge is 0.328 e. The Morgan fingerprint density at radius 2 is 2.04 bits per heavy atom. The number of benzene rings is 1. The maximum absolute atomic E-state index is 11.9. The molecular formula is C15H15N5O4S. The first-order chi connectivity index (χ1) is 11.9. The number of amides is 1. The van der Waals surface area contributed by atoms with Crippen molar-refractivity contribution in [3.05, 3.63) is 34.2 Å². The van der Waals surface area contributed by atoms with Crippen LogP contribution in [0.25, 0.3) is 11.0 Å². The van der Waals surface area contributed by atoms with E-state index in [2.05, 4.69) is 15.5 Å². The first-order valence-electron chi connectivity index (χ1n) is 7.32. The number of amidine groups is 1. The minimum absolute atomic E-state index is 0.112. The van der Waals surface area contributed by atoms with Gasteiger partial charge in [0.15, 0.2) is 5.17 Å². The topological polar surface area (TPSA) is 118 Å². The molecule has 0 bridgehead atoms. The number of fused-ring (bicyclic) bond motifs is 1. The molecule has 3 rings (SSSR count). The van der Waals surface area contributed by atoms with Crippen LogP contribution >= 0.6 is 11.8 Å². The average Bonchev–Trinajstić information content (AvgIpc) is 3.00. The van der Waals surface area contributed by atoms with E-state index in [1.165, 1.54) is 6.21 Å². The standard InChI is InChI=1S/C15H15N5O4S/c1-19-9-4-3-8(5-10(9)20(2)15(19)24)7-16-18-14-17-13(23)11(25-14)6-12(21)22/h3-5,7,11H,6H2,1-2H3,(H,21,22)(H,17,18,23)/b16-7-/t11-/m1/s1. The second-order valence-corrected chi connectivity index (χ2v) is 6.68. The number of carboxylic acid groups (broad SMARTS) is 1. The number of rotatable bonds is 4. The van der Waals surface area contributed by atoms with Gasteiger partial charge in [0.1, 0.15) is 5.25 Å². The predicted molar refractivity (Wildman–Crippen MR) is 95.0 cm³/mol. The number of aromatic nitrogens is 2. The zero-order chi connectivity index (χ0) is 18.1. The highest BCUT2D eigenvalue weighted by molar-refractivity contribution is 8.15. The molecule has 1 amide bonds. The summed E-state index contributed by atoms with van der Waals surface area (Å²) < 4.78 is 3.10. The maximum Gasteiger partial charge on any atom is 0.328 e. The van der Waals surface area contributed by atoms with Crippen LogP contribution in [0.15, 0.2) is 33.2 Å². The number of aryl methyl sites for hydroxylation is 2. The molecule has 1 aromatic carbocycles. The number of carbonyl (C=O) groups excluding carboxylic acids is 1. The van der Waals surface area contributed by atoms with Gasteiger partial charge in [-0.15, -0.1) is 5.10 Å². The molecule has 1 aliphatic rings. The second kappa shape index (κ2) is 6.55. The quantitative estimate of drug-likeness (QED) is 0.599. The lowest BCUT2D eigenvalue weighted by Crippen LogP contribution is -2.26. The molecule has 2 heterocycles. The Morgan fingerprint density at radius 1 is 1.32 bits per heavy atom. The summed E-state index contributed by atoms with van der Waals surface area (Å²) in [6.45, 7) is 0. The lowest BCUT2D eigenvalue weighted by atomic mass is 10.2. The van der Waals surface area contributed by atoms with E-state index in [1.807, 2.05) is 12.1 Å². The summed E-state index contributed by atoms with van der Waals surface area (Å²) in [5, 5.41) is 18.6. The Kier molecular flexibility index (Phi) is 4.45. The van der Waals surface area contributed by atoms with Crippen molar-refractivity contribution in [2.24, 2.45) is 24.3 Å². The molecule has 130 valence electrons. The van der Waals surface area contributed by atoms with Gasteiger partial charge in [0.2, 0.25) is 5.91 Å². The van der Waals surface area contributed by atoms with Crippen molar-refractivity contribution < 1.29 is 14.7 Å². The molecule has 1 atom stereocenters. The average molecular weight is 361 g/mol. The maximum atomic E-state index is 11.9. The summed E-state index contributed by atoms with van der Waals surface area (Å²) in [6, 6.07) is 5.44. The van der Waals surface area contributed by atoms with Crippen molar-refractivity contribution >= 4 is 46.1 Å². The molecule has 0 aliphatic carbocycles. The number of thioether (sulfide) groups is 1. The summed E-state index contributed by atoms with van der Waals surface area (Å²) in [5.74, 6) is -1.43. The molecule has 0 radical (unpaired) electrons. The highest BCUT2D eigenvalue weighted by Crippen LogP contribution is 2.22. The molecule has 1 aromatic heterocycles. The van der Waals surface area contributed by atoms with Crippen molar-refractivity contribution in [3.63, 3.8) is 0 Å². The van der Waals surface area contributed by atoms with Crippen molar-refractivity contribution in [1.29, 1.82) is 0 Å². The van der Waals surface area contributed by atoms with Gasteiger partial charge in [0.25, 0.3) is 0 Å². The zero-order valence-corrected chi connectivity index (χ0v) is 14.3. The fraction of sp³-hybridized carbons (Fsp3) is 0.267. The van der Waals surface area contributed by atoms with E-state index < -0.39 is 11.2 Å². The molecule has 0 unspecified atom stereocenters. The molecule has 2 aromatic rings. The fourth-order valence-electron chi connectivity index (χ4n) is 2.50. The van der Waals surface area contributed by atoms with Crippen LogP contribution in [-0.2, 0) is 23.7 Å². The molecule has 1 fully saturated rings. The van der Waals surface area contributed by atoms with Crippen molar-refractivity contribution in [2.45, 2.75) is 11.7 Å². The Hall–Kier alpha value is -2.88. The normalized spacial score (nSPS) is 19.2. The van der Waals surface area contributed by atoms with Crippen LogP contribution in [0.5, 0.6) is 0 Å². The minimum atomic E-state index is -1.04. The number of imidazole rings is 1. The van der Waals surface area contributed by atoms with Gasteiger partial charge in [-0.05, 0) is 17.7 Å². The molecule has 1 saturated heterocycles. The van der Waals surface area contributed by atoms with Gasteiger partial charge in [0.05, 0.1) is 23.7 Å². The van der Waals surface area contributed by atoms with Crippen LogP contribution in [0.1, 0.15) is 12.0 Å². The SMILES string of the molecule is Cn1c(=O)n(C)c2cc(/C=N\N=C3/NC(=O)[C@@H](CC(=O)O)S3)ccc21. The third-order valence-corrected chi connectivity index (χ3v) is 4.86. The van der Waals surface area contributed by atoms with Crippen LogP contribution < -0.4 is 11.0 Å². The van der Waals surface area contributed by atoms with Gasteiger partial charge in [-0.3, -0.25) is 18.7 Å². The predicted octanol–water partition coefficient (Wildman–Crippen LogP) is 0.273. The third kappa shape index (κ3) is 3.33. The van der Waals surface area contributed by atoms with Gasteiger partial charge < -0.3 is 10.4 Å². The molecule has 1 aliphatic heterocycles. The van der Waals surface area contributed by atoms with E-state index in [4.69, 9.17) is 5.11 Å². The largest absolute Gasteiger partial charge is 0.481 e. The molecular weight excluding hydrogens is 346 g/mol. The molecule has 25 heavy (non-hydrogen) atoms. The number of aliphatic carboxylic acids is 1. The number of hydrogen-bond acceptors (Lipinski definition) is 6. The first kappa shape index (κ1) is 17.0. The lowest BCUT2D eigenvalue weighted by molar-refractivity contribution is -0.138. The zero-order valence-electron chi connectivity index (χ0n) is 13.5. The van der Waals surface area contributed by atoms with Gasteiger partial charge in [-0.2, -0.15) is 5.10 Å². The van der Waals surface area contributed by atoms with Gasteiger partial charge in [0, 0.05) is 14.1 Å². The summed E-state index contributed by atoms with van der Waals surface area (Å²) >= 11 is 1.04. The van der Waals surface area contributed by atoms with Crippen LogP contribution in [0, 0.1) is 0 Å². The number of carboxylic acids is 1. The van der Waals surface area contributed by atoms with Crippen molar-refractivity contribution in [2.75, 3.05) is 0 Å². The lowest BCUT2D eigenvalue weighted by Gasteiger charge is -1.98. The Morgan fingerprint density at radius 3 is 2.76 bits per heavy atom. The number of hydrogen-bond donors (Lipinski definition) is 2. The van der Waals surface area contributed by atoms with E-state index in [0.29, 0.717) is 0 Å². The monoisotopic (exact) mass is 361 g/mol. The molecule has 10 heteroatoms. The number of nitrogens with one attached hydrogen (secondary N) is 1. The highest BCUT2D eigenvalue weighted by atomic mass is 32.2. The van der Waals surface area contributed by atoms with Crippen LogP contribution in [-0.4, -0.2) is 42.7 Å². The molecule has 9 nitrogen and oxygen atoms in total. The minimum Gasteiger partial charge on any atom is -0.481 e. The summed E-state index contributed by atoms with van der Waals surface area (Å²) in [4.78, 5) is 34.2. The Bertz CT molecular complexity index is 988. The van der Waals surface area contributed by atoms with Crippen LogP contribution in [0.3, 0.4) is 0 Å². The van der Waals surface area contributed by atoms with E-state index in [1.54, 1.807) is 29.3 Å². The van der Waals surface area contributed by atoms with Crippen LogP contribution in [0.2, 0.25) is 0 Å². The van der Waals surface area contributed by atoms with Crippen LogP contribution in [0.4, 0.5) is 0 Å². The molecule has 0 saturated carbocycles. The molecule has 2 N–H and O–H groups in total. The molecule has 0 spiro atoms. The highest BCUT2D eigenvalue weighted by Gasteiger charge is 2.32. The second-order valence-electron chi connectivity index (χ2n) is 5.49. The van der Waals surface area contributed by atoms with E-state index >= 15 is 0 Å². The van der Waals surface area contributed by atoms with Crippen molar-refractivity contribution in [1.82, 2.24) is 14.5 Å². The number of carbonyl (C=O) groups is 2. The summed E-state index contributed by atoms with van der Waals surface area (Å²) in [6.07, 6.45) is 1.24. The summed E-state index contributed by atoms with van der Waals surface area (Å²) in [5.41, 5.74) is 2.22. The fourth-order valence-corrected chi connectivity index (χ4v) is 3.41. The Labute approximate surface area is 146 Å². The van der Waals surface area contributed by atoms with Crippen molar-refractivity contribution in [3.8, 4) is 0 Å². The summed E-state index contributed by atoms with van der Waals surface area (Å²) in [7, 11) is 3.40. The first-order valence-corrected chi connectivity index (χ1v) is 8.20. The van der Waals surface area contributed by atoms with E-state index in [0.717, 1.165) is 28.4 Å². The number of nitrogens with zero attached hydrogens (tertiary/aromatic N) is 4. The van der Waals surface area contributed by atoms with E-state index in [9.17, 15) is 14.4 Å².